The van der Waals surface area contributed by atoms with Crippen LogP contribution in [0.2, 0.25) is 0 Å². The van der Waals surface area contributed by atoms with Gasteiger partial charge in [0.15, 0.2) is 0 Å². The minimum atomic E-state index is 0.370. The van der Waals surface area contributed by atoms with Crippen LogP contribution in [0.3, 0.4) is 0 Å². The summed E-state index contributed by atoms with van der Waals surface area (Å²) in [5.41, 5.74) is 7.56. The molecule has 1 fully saturated rings. The third-order valence-corrected chi connectivity index (χ3v) is 3.67. The van der Waals surface area contributed by atoms with Gasteiger partial charge < -0.3 is 15.4 Å². The van der Waals surface area contributed by atoms with Gasteiger partial charge in [-0.1, -0.05) is 18.3 Å². The van der Waals surface area contributed by atoms with E-state index in [-0.39, 0.29) is 0 Å². The van der Waals surface area contributed by atoms with Crippen molar-refractivity contribution in [2.75, 3.05) is 26.8 Å². The van der Waals surface area contributed by atoms with Crippen molar-refractivity contribution in [3.05, 3.63) is 29.6 Å². The van der Waals surface area contributed by atoms with Crippen molar-refractivity contribution in [1.82, 2.24) is 9.88 Å². The molecule has 19 heavy (non-hydrogen) atoms. The van der Waals surface area contributed by atoms with Crippen molar-refractivity contribution in [2.24, 2.45) is 11.7 Å². The Hall–Kier alpha value is -1.04. The second-order valence-corrected chi connectivity index (χ2v) is 5.57. The first-order valence-electron chi connectivity index (χ1n) is 6.67. The highest BCUT2D eigenvalue weighted by atomic mass is 32.1. The second-order valence-electron chi connectivity index (χ2n) is 5.13. The molecule has 1 aliphatic heterocycles. The van der Waals surface area contributed by atoms with E-state index in [0.29, 0.717) is 4.99 Å². The van der Waals surface area contributed by atoms with Crippen LogP contribution in [0.4, 0.5) is 0 Å². The number of hydrogen-bond donors (Lipinski definition) is 1. The van der Waals surface area contributed by atoms with E-state index in [9.17, 15) is 0 Å². The van der Waals surface area contributed by atoms with E-state index in [4.69, 9.17) is 22.7 Å². The first-order valence-corrected chi connectivity index (χ1v) is 7.07. The summed E-state index contributed by atoms with van der Waals surface area (Å²) in [7, 11) is 2.13. The van der Waals surface area contributed by atoms with Gasteiger partial charge in [-0.2, -0.15) is 0 Å². The van der Waals surface area contributed by atoms with Gasteiger partial charge in [0.05, 0.1) is 0 Å². The number of nitrogens with zero attached hydrogens (tertiary/aromatic N) is 2. The van der Waals surface area contributed by atoms with Crippen LogP contribution in [0.25, 0.3) is 0 Å². The summed E-state index contributed by atoms with van der Waals surface area (Å²) < 4.78 is 5.39. The largest absolute Gasteiger partial charge is 0.388 e. The molecule has 1 aromatic heterocycles. The second kappa shape index (κ2) is 6.93. The number of aromatic nitrogens is 1. The van der Waals surface area contributed by atoms with Crippen molar-refractivity contribution >= 4 is 17.2 Å². The molecule has 0 aromatic carbocycles. The number of thiocarbonyl (C=S) groups is 1. The summed E-state index contributed by atoms with van der Waals surface area (Å²) in [5, 5.41) is 0. The minimum absolute atomic E-state index is 0.370. The van der Waals surface area contributed by atoms with E-state index in [1.54, 1.807) is 6.20 Å². The Morgan fingerprint density at radius 2 is 2.26 bits per heavy atom. The molecule has 1 aliphatic rings. The van der Waals surface area contributed by atoms with Gasteiger partial charge in [-0.3, -0.25) is 4.98 Å². The Bertz CT molecular complexity index is 432. The molecule has 0 unspecified atom stereocenters. The standard InChI is InChI=1S/C14H21N3OS/c1-17(9-11-4-7-18-8-5-11)10-12-3-2-6-16-13(12)14(15)19/h2-3,6,11H,4-5,7-10H2,1H3,(H2,15,19). The zero-order chi connectivity index (χ0) is 13.7. The molecular weight excluding hydrogens is 258 g/mol. The smallest absolute Gasteiger partial charge is 0.123 e. The molecule has 0 saturated carbocycles. The summed E-state index contributed by atoms with van der Waals surface area (Å²) in [6, 6.07) is 3.97. The average molecular weight is 279 g/mol. The fourth-order valence-corrected chi connectivity index (χ4v) is 2.70. The van der Waals surface area contributed by atoms with E-state index < -0.39 is 0 Å². The van der Waals surface area contributed by atoms with Gasteiger partial charge in [0, 0.05) is 32.5 Å². The maximum atomic E-state index is 5.71. The van der Waals surface area contributed by atoms with Crippen LogP contribution >= 0.6 is 12.2 Å². The van der Waals surface area contributed by atoms with Gasteiger partial charge in [-0.25, -0.2) is 0 Å². The molecule has 0 aliphatic carbocycles. The van der Waals surface area contributed by atoms with Crippen LogP contribution in [-0.4, -0.2) is 41.7 Å². The predicted octanol–water partition coefficient (Wildman–Crippen LogP) is 1.57. The maximum absolute atomic E-state index is 5.71. The van der Waals surface area contributed by atoms with E-state index in [1.807, 2.05) is 12.1 Å². The molecule has 104 valence electrons. The van der Waals surface area contributed by atoms with Crippen LogP contribution in [0.5, 0.6) is 0 Å². The van der Waals surface area contributed by atoms with E-state index >= 15 is 0 Å². The van der Waals surface area contributed by atoms with Crippen molar-refractivity contribution in [1.29, 1.82) is 0 Å². The topological polar surface area (TPSA) is 51.4 Å². The van der Waals surface area contributed by atoms with Crippen molar-refractivity contribution in [2.45, 2.75) is 19.4 Å². The monoisotopic (exact) mass is 279 g/mol. The zero-order valence-electron chi connectivity index (χ0n) is 11.3. The van der Waals surface area contributed by atoms with Gasteiger partial charge in [0.25, 0.3) is 0 Å². The summed E-state index contributed by atoms with van der Waals surface area (Å²) >= 11 is 5.04. The minimum Gasteiger partial charge on any atom is -0.388 e. The predicted molar refractivity (Wildman–Crippen MR) is 80.0 cm³/mol. The van der Waals surface area contributed by atoms with Gasteiger partial charge in [-0.15, -0.1) is 0 Å². The Labute approximate surface area is 120 Å². The van der Waals surface area contributed by atoms with E-state index in [2.05, 4.69) is 16.9 Å². The molecule has 2 heterocycles. The van der Waals surface area contributed by atoms with Crippen LogP contribution in [0.15, 0.2) is 18.3 Å². The molecule has 0 bridgehead atoms. The number of nitrogens with two attached hydrogens (primary N) is 1. The first kappa shape index (κ1) is 14.4. The van der Waals surface area contributed by atoms with Crippen LogP contribution in [-0.2, 0) is 11.3 Å². The Morgan fingerprint density at radius 3 is 2.95 bits per heavy atom. The molecule has 1 aromatic rings. The van der Waals surface area contributed by atoms with Gasteiger partial charge in [0.1, 0.15) is 10.7 Å². The van der Waals surface area contributed by atoms with E-state index in [1.165, 1.54) is 0 Å². The van der Waals surface area contributed by atoms with Crippen molar-refractivity contribution in [3.8, 4) is 0 Å². The molecule has 0 radical (unpaired) electrons. The highest BCUT2D eigenvalue weighted by Gasteiger charge is 2.16. The lowest BCUT2D eigenvalue weighted by atomic mass is 9.99. The maximum Gasteiger partial charge on any atom is 0.123 e. The third kappa shape index (κ3) is 4.23. The molecule has 0 atom stereocenters. The number of pyridine rings is 1. The SMILES string of the molecule is CN(Cc1cccnc1C(N)=S)CC1CCOCC1. The van der Waals surface area contributed by atoms with Gasteiger partial charge in [0.2, 0.25) is 0 Å². The summed E-state index contributed by atoms with van der Waals surface area (Å²) in [5.74, 6) is 0.726. The summed E-state index contributed by atoms with van der Waals surface area (Å²) in [6.07, 6.45) is 4.04. The average Bonchev–Trinajstić information content (AvgIpc) is 2.40. The van der Waals surface area contributed by atoms with Gasteiger partial charge in [-0.05, 0) is 37.4 Å². The van der Waals surface area contributed by atoms with Crippen LogP contribution < -0.4 is 5.73 Å². The molecule has 2 N–H and O–H groups in total. The molecule has 0 amide bonds. The number of hydrogen-bond acceptors (Lipinski definition) is 4. The van der Waals surface area contributed by atoms with Gasteiger partial charge >= 0.3 is 0 Å². The Morgan fingerprint density at radius 1 is 1.53 bits per heavy atom. The third-order valence-electron chi connectivity index (χ3n) is 3.48. The van der Waals surface area contributed by atoms with Crippen LogP contribution in [0, 0.1) is 5.92 Å². The molecular formula is C14H21N3OS. The zero-order valence-corrected chi connectivity index (χ0v) is 12.2. The molecule has 5 heteroatoms. The molecule has 2 rings (SSSR count). The summed E-state index contributed by atoms with van der Waals surface area (Å²) in [4.78, 5) is 6.95. The first-order chi connectivity index (χ1) is 9.16. The highest BCUT2D eigenvalue weighted by Crippen LogP contribution is 2.17. The molecule has 0 spiro atoms. The van der Waals surface area contributed by atoms with Crippen molar-refractivity contribution in [3.63, 3.8) is 0 Å². The number of rotatable bonds is 5. The fraction of sp³-hybridized carbons (Fsp3) is 0.571. The fourth-order valence-electron chi connectivity index (χ4n) is 2.51. The Balaban J connectivity index is 1.94. The highest BCUT2D eigenvalue weighted by molar-refractivity contribution is 7.80. The molecule has 4 nitrogen and oxygen atoms in total. The normalized spacial score (nSPS) is 16.7. The lowest BCUT2D eigenvalue weighted by Gasteiger charge is -2.27. The molecule has 1 saturated heterocycles. The Kier molecular flexibility index (Phi) is 5.24. The van der Waals surface area contributed by atoms with E-state index in [0.717, 1.165) is 56.3 Å². The summed E-state index contributed by atoms with van der Waals surface area (Å²) in [6.45, 7) is 3.69. The lowest BCUT2D eigenvalue weighted by molar-refractivity contribution is 0.0549. The lowest BCUT2D eigenvalue weighted by Crippen LogP contribution is -2.30. The number of ether oxygens (including phenoxy) is 1. The van der Waals surface area contributed by atoms with Crippen LogP contribution in [0.1, 0.15) is 24.1 Å². The quantitative estimate of drug-likeness (QED) is 0.829. The van der Waals surface area contributed by atoms with Crippen molar-refractivity contribution < 1.29 is 4.74 Å².